The average Bonchev–Trinajstić information content (AvgIpc) is 2.75. The average molecular weight is 277 g/mol. The van der Waals surface area contributed by atoms with Gasteiger partial charge in [0.2, 0.25) is 0 Å². The lowest BCUT2D eigenvalue weighted by atomic mass is 10.0. The number of benzene rings is 1. The van der Waals surface area contributed by atoms with E-state index in [4.69, 9.17) is 0 Å². The molecule has 0 aliphatic carbocycles. The van der Waals surface area contributed by atoms with Crippen LogP contribution in [0.5, 0.6) is 0 Å². The number of imidazole rings is 1. The third-order valence-corrected chi connectivity index (χ3v) is 4.28. The summed E-state index contributed by atoms with van der Waals surface area (Å²) in [6.45, 7) is 4.95. The Morgan fingerprint density at radius 2 is 2.25 bits per heavy atom. The number of likely N-dealkylation sites (tertiary alicyclic amines) is 1. The SMILES string of the molecule is CCN1CCCCC1Cn1c(=O)[nH]c2cc(F)ccc21. The number of H-pyrrole nitrogens is 1. The van der Waals surface area contributed by atoms with Crippen LogP contribution in [0, 0.1) is 5.82 Å². The summed E-state index contributed by atoms with van der Waals surface area (Å²) in [5, 5.41) is 0. The lowest BCUT2D eigenvalue weighted by Crippen LogP contribution is -2.43. The summed E-state index contributed by atoms with van der Waals surface area (Å²) in [4.78, 5) is 17.3. The predicted octanol–water partition coefficient (Wildman–Crippen LogP) is 2.34. The molecule has 3 rings (SSSR count). The molecule has 108 valence electrons. The van der Waals surface area contributed by atoms with Crippen LogP contribution in [0.1, 0.15) is 26.2 Å². The highest BCUT2D eigenvalue weighted by molar-refractivity contribution is 5.75. The molecule has 1 saturated heterocycles. The van der Waals surface area contributed by atoms with Crippen LogP contribution in [0.4, 0.5) is 4.39 Å². The van der Waals surface area contributed by atoms with Crippen molar-refractivity contribution < 1.29 is 4.39 Å². The Bertz CT molecular complexity index is 661. The van der Waals surface area contributed by atoms with Crippen molar-refractivity contribution in [1.82, 2.24) is 14.5 Å². The van der Waals surface area contributed by atoms with E-state index in [1.807, 2.05) is 0 Å². The van der Waals surface area contributed by atoms with Gasteiger partial charge in [-0.25, -0.2) is 9.18 Å². The van der Waals surface area contributed by atoms with Gasteiger partial charge in [0.25, 0.3) is 0 Å². The number of halogens is 1. The highest BCUT2D eigenvalue weighted by Crippen LogP contribution is 2.19. The van der Waals surface area contributed by atoms with Gasteiger partial charge in [0.15, 0.2) is 0 Å². The maximum absolute atomic E-state index is 13.2. The van der Waals surface area contributed by atoms with Gasteiger partial charge in [-0.2, -0.15) is 0 Å². The van der Waals surface area contributed by atoms with Gasteiger partial charge in [-0.1, -0.05) is 13.3 Å². The Morgan fingerprint density at radius 1 is 1.40 bits per heavy atom. The molecule has 2 aromatic rings. The maximum Gasteiger partial charge on any atom is 0.326 e. The second-order valence-corrected chi connectivity index (χ2v) is 5.48. The number of nitrogens with one attached hydrogen (secondary N) is 1. The molecule has 20 heavy (non-hydrogen) atoms. The molecule has 1 aromatic heterocycles. The minimum atomic E-state index is -0.321. The van der Waals surface area contributed by atoms with E-state index in [-0.39, 0.29) is 11.5 Å². The summed E-state index contributed by atoms with van der Waals surface area (Å²) in [6, 6.07) is 4.87. The molecule has 1 aliphatic heterocycles. The van der Waals surface area contributed by atoms with Gasteiger partial charge in [-0.15, -0.1) is 0 Å². The normalized spacial score (nSPS) is 20.6. The Balaban J connectivity index is 1.94. The third kappa shape index (κ3) is 2.38. The van der Waals surface area contributed by atoms with E-state index in [0.29, 0.717) is 18.1 Å². The van der Waals surface area contributed by atoms with Gasteiger partial charge < -0.3 is 4.98 Å². The van der Waals surface area contributed by atoms with Crippen LogP contribution in [-0.4, -0.2) is 33.6 Å². The number of hydrogen-bond donors (Lipinski definition) is 1. The molecule has 0 bridgehead atoms. The van der Waals surface area contributed by atoms with E-state index < -0.39 is 0 Å². The van der Waals surface area contributed by atoms with E-state index in [1.165, 1.54) is 25.0 Å². The number of hydrogen-bond acceptors (Lipinski definition) is 2. The number of piperidine rings is 1. The zero-order chi connectivity index (χ0) is 14.1. The highest BCUT2D eigenvalue weighted by atomic mass is 19.1. The summed E-state index contributed by atoms with van der Waals surface area (Å²) in [5.74, 6) is -0.321. The van der Waals surface area contributed by atoms with Gasteiger partial charge in [0.05, 0.1) is 11.0 Å². The summed E-state index contributed by atoms with van der Waals surface area (Å²) < 4.78 is 15.0. The van der Waals surface area contributed by atoms with Crippen molar-refractivity contribution >= 4 is 11.0 Å². The topological polar surface area (TPSA) is 41.0 Å². The number of rotatable bonds is 3. The summed E-state index contributed by atoms with van der Waals surface area (Å²) in [7, 11) is 0. The van der Waals surface area contributed by atoms with E-state index in [2.05, 4.69) is 16.8 Å². The molecule has 1 aliphatic rings. The second kappa shape index (κ2) is 5.40. The summed E-state index contributed by atoms with van der Waals surface area (Å²) in [6.07, 6.45) is 3.57. The maximum atomic E-state index is 13.2. The third-order valence-electron chi connectivity index (χ3n) is 4.28. The van der Waals surface area contributed by atoms with Crippen LogP contribution in [-0.2, 0) is 6.54 Å². The van der Waals surface area contributed by atoms with Crippen molar-refractivity contribution in [3.63, 3.8) is 0 Å². The quantitative estimate of drug-likeness (QED) is 0.935. The Hall–Kier alpha value is -1.62. The van der Waals surface area contributed by atoms with Gasteiger partial charge in [0, 0.05) is 12.6 Å². The fourth-order valence-electron chi connectivity index (χ4n) is 3.21. The fraction of sp³-hybridized carbons (Fsp3) is 0.533. The summed E-state index contributed by atoms with van der Waals surface area (Å²) in [5.41, 5.74) is 1.22. The number of aromatic nitrogens is 2. The standard InChI is InChI=1S/C15H20FN3O/c1-2-18-8-4-3-5-12(18)10-19-14-7-6-11(16)9-13(14)17-15(19)20/h6-7,9,12H,2-5,8,10H2,1H3,(H,17,20). The molecular weight excluding hydrogens is 257 g/mol. The van der Waals surface area contributed by atoms with Crippen LogP contribution in [0.2, 0.25) is 0 Å². The lowest BCUT2D eigenvalue weighted by Gasteiger charge is -2.34. The Morgan fingerprint density at radius 3 is 3.05 bits per heavy atom. The zero-order valence-electron chi connectivity index (χ0n) is 11.7. The number of likely N-dealkylation sites (N-methyl/N-ethyl adjacent to an activating group) is 1. The van der Waals surface area contributed by atoms with Crippen molar-refractivity contribution in [2.24, 2.45) is 0 Å². The molecule has 2 heterocycles. The molecule has 0 spiro atoms. The first-order chi connectivity index (χ1) is 9.69. The van der Waals surface area contributed by atoms with Crippen LogP contribution >= 0.6 is 0 Å². The van der Waals surface area contributed by atoms with Gasteiger partial charge in [-0.05, 0) is 44.1 Å². The van der Waals surface area contributed by atoms with Crippen molar-refractivity contribution in [3.8, 4) is 0 Å². The molecule has 1 N–H and O–H groups in total. The Labute approximate surface area is 117 Å². The summed E-state index contributed by atoms with van der Waals surface area (Å²) >= 11 is 0. The van der Waals surface area contributed by atoms with E-state index in [9.17, 15) is 9.18 Å². The van der Waals surface area contributed by atoms with Crippen molar-refractivity contribution in [3.05, 3.63) is 34.5 Å². The predicted molar refractivity (Wildman–Crippen MR) is 77.4 cm³/mol. The largest absolute Gasteiger partial charge is 0.326 e. The highest BCUT2D eigenvalue weighted by Gasteiger charge is 2.22. The number of nitrogens with zero attached hydrogens (tertiary/aromatic N) is 2. The van der Waals surface area contributed by atoms with E-state index >= 15 is 0 Å². The first-order valence-electron chi connectivity index (χ1n) is 7.31. The molecule has 1 aromatic carbocycles. The van der Waals surface area contributed by atoms with Gasteiger partial charge in [-0.3, -0.25) is 9.47 Å². The van der Waals surface area contributed by atoms with Crippen LogP contribution in [0.15, 0.2) is 23.0 Å². The molecule has 0 amide bonds. The Kier molecular flexibility index (Phi) is 3.61. The van der Waals surface area contributed by atoms with Gasteiger partial charge >= 0.3 is 5.69 Å². The molecule has 0 saturated carbocycles. The van der Waals surface area contributed by atoms with Crippen LogP contribution in [0.25, 0.3) is 11.0 Å². The van der Waals surface area contributed by atoms with E-state index in [0.717, 1.165) is 25.0 Å². The first kappa shape index (κ1) is 13.4. The van der Waals surface area contributed by atoms with Gasteiger partial charge in [0.1, 0.15) is 5.82 Å². The lowest BCUT2D eigenvalue weighted by molar-refractivity contribution is 0.140. The van der Waals surface area contributed by atoms with E-state index in [1.54, 1.807) is 10.6 Å². The van der Waals surface area contributed by atoms with Crippen molar-refractivity contribution in [1.29, 1.82) is 0 Å². The molecule has 0 radical (unpaired) electrons. The molecular formula is C15H20FN3O. The van der Waals surface area contributed by atoms with Crippen molar-refractivity contribution in [2.75, 3.05) is 13.1 Å². The first-order valence-corrected chi connectivity index (χ1v) is 7.31. The number of aromatic amines is 1. The zero-order valence-corrected chi connectivity index (χ0v) is 11.7. The number of fused-ring (bicyclic) bond motifs is 1. The van der Waals surface area contributed by atoms with Crippen molar-refractivity contribution in [2.45, 2.75) is 38.8 Å². The fourth-order valence-corrected chi connectivity index (χ4v) is 3.21. The molecule has 4 nitrogen and oxygen atoms in total. The van der Waals surface area contributed by atoms with Crippen LogP contribution in [0.3, 0.4) is 0 Å². The molecule has 5 heteroatoms. The molecule has 1 fully saturated rings. The second-order valence-electron chi connectivity index (χ2n) is 5.48. The molecule has 1 unspecified atom stereocenters. The minimum absolute atomic E-state index is 0.146. The smallest absolute Gasteiger partial charge is 0.305 e. The minimum Gasteiger partial charge on any atom is -0.305 e. The van der Waals surface area contributed by atoms with Crippen LogP contribution < -0.4 is 5.69 Å². The molecule has 1 atom stereocenters. The monoisotopic (exact) mass is 277 g/mol.